The maximum Gasteiger partial charge on any atom is 0.410 e. The molecule has 0 spiro atoms. The van der Waals surface area contributed by atoms with Gasteiger partial charge in [0.25, 0.3) is 0 Å². The SMILES string of the molecule is CC(C)(C)OC(=O)N1C[C@@H]2C(N3CC(S)CC3=O)[C@@H]2C1. The van der Waals surface area contributed by atoms with E-state index in [9.17, 15) is 9.59 Å². The highest BCUT2D eigenvalue weighted by Gasteiger charge is 2.61. The summed E-state index contributed by atoms with van der Waals surface area (Å²) in [6.45, 7) is 7.81. The Bertz CT molecular complexity index is 436. The van der Waals surface area contributed by atoms with E-state index in [4.69, 9.17) is 4.74 Å². The fourth-order valence-electron chi connectivity index (χ4n) is 3.43. The summed E-state index contributed by atoms with van der Waals surface area (Å²) in [5, 5.41) is 0.172. The molecule has 3 fully saturated rings. The van der Waals surface area contributed by atoms with Crippen LogP contribution < -0.4 is 0 Å². The van der Waals surface area contributed by atoms with Gasteiger partial charge in [0.15, 0.2) is 0 Å². The van der Waals surface area contributed by atoms with E-state index in [-0.39, 0.29) is 17.3 Å². The third kappa shape index (κ3) is 2.50. The Morgan fingerprint density at radius 2 is 1.85 bits per heavy atom. The highest BCUT2D eigenvalue weighted by molar-refractivity contribution is 7.81. The molecule has 2 aliphatic heterocycles. The molecular weight excluding hydrogens is 276 g/mol. The Morgan fingerprint density at radius 3 is 2.30 bits per heavy atom. The molecule has 0 aromatic carbocycles. The molecule has 3 rings (SSSR count). The molecule has 3 aliphatic rings. The lowest BCUT2D eigenvalue weighted by molar-refractivity contribution is -0.128. The predicted octanol–water partition coefficient (Wildman–Crippen LogP) is 1.38. The zero-order valence-electron chi connectivity index (χ0n) is 12.2. The van der Waals surface area contributed by atoms with Gasteiger partial charge in [-0.3, -0.25) is 4.79 Å². The van der Waals surface area contributed by atoms with Crippen LogP contribution in [0.2, 0.25) is 0 Å². The van der Waals surface area contributed by atoms with Crippen molar-refractivity contribution in [1.82, 2.24) is 9.80 Å². The minimum Gasteiger partial charge on any atom is -0.444 e. The molecule has 5 nitrogen and oxygen atoms in total. The lowest BCUT2D eigenvalue weighted by Gasteiger charge is -2.27. The number of amides is 2. The van der Waals surface area contributed by atoms with Gasteiger partial charge in [0, 0.05) is 49.2 Å². The number of ether oxygens (including phenoxy) is 1. The molecule has 112 valence electrons. The van der Waals surface area contributed by atoms with Crippen molar-refractivity contribution in [2.45, 2.75) is 44.1 Å². The van der Waals surface area contributed by atoms with Crippen LogP contribution in [0.5, 0.6) is 0 Å². The molecule has 0 aromatic rings. The third-order valence-electron chi connectivity index (χ3n) is 4.30. The van der Waals surface area contributed by atoms with Gasteiger partial charge in [0.1, 0.15) is 5.60 Å². The maximum atomic E-state index is 12.0. The fraction of sp³-hybridized carbons (Fsp3) is 0.857. The highest BCUT2D eigenvalue weighted by atomic mass is 32.1. The van der Waals surface area contributed by atoms with Crippen LogP contribution in [0.25, 0.3) is 0 Å². The van der Waals surface area contributed by atoms with E-state index in [0.717, 1.165) is 6.54 Å². The van der Waals surface area contributed by atoms with E-state index in [2.05, 4.69) is 12.6 Å². The molecule has 2 heterocycles. The standard InChI is InChI=1S/C14H22N2O3S/c1-14(2,3)19-13(18)15-6-9-10(7-15)12(9)16-5-8(20)4-11(16)17/h8-10,12,20H,4-7H2,1-3H3/t8?,9-,10+,12?. The quantitative estimate of drug-likeness (QED) is 0.744. The van der Waals surface area contributed by atoms with Gasteiger partial charge in [-0.1, -0.05) is 0 Å². The topological polar surface area (TPSA) is 49.9 Å². The van der Waals surface area contributed by atoms with Crippen molar-refractivity contribution in [3.63, 3.8) is 0 Å². The number of piperidine rings is 1. The van der Waals surface area contributed by atoms with E-state index >= 15 is 0 Å². The van der Waals surface area contributed by atoms with Crippen LogP contribution in [0.4, 0.5) is 4.79 Å². The number of hydrogen-bond donors (Lipinski definition) is 1. The van der Waals surface area contributed by atoms with Gasteiger partial charge in [0.2, 0.25) is 5.91 Å². The predicted molar refractivity (Wildman–Crippen MR) is 77.7 cm³/mol. The van der Waals surface area contributed by atoms with Crippen molar-refractivity contribution in [3.05, 3.63) is 0 Å². The van der Waals surface area contributed by atoms with Crippen LogP contribution >= 0.6 is 12.6 Å². The minimum atomic E-state index is -0.451. The second kappa shape index (κ2) is 4.55. The summed E-state index contributed by atoms with van der Waals surface area (Å²) in [5.74, 6) is 1.09. The summed E-state index contributed by atoms with van der Waals surface area (Å²) in [4.78, 5) is 27.6. The van der Waals surface area contributed by atoms with Crippen molar-refractivity contribution >= 4 is 24.6 Å². The second-order valence-corrected chi connectivity index (χ2v) is 7.84. The fourth-order valence-corrected chi connectivity index (χ4v) is 3.77. The molecule has 6 heteroatoms. The molecule has 0 N–H and O–H groups in total. The van der Waals surface area contributed by atoms with Gasteiger partial charge in [-0.05, 0) is 20.8 Å². The molecule has 1 aliphatic carbocycles. The van der Waals surface area contributed by atoms with Gasteiger partial charge >= 0.3 is 6.09 Å². The summed E-state index contributed by atoms with van der Waals surface area (Å²) >= 11 is 4.39. The van der Waals surface area contributed by atoms with E-state index < -0.39 is 5.60 Å². The zero-order chi connectivity index (χ0) is 14.7. The number of carbonyl (C=O) groups excluding carboxylic acids is 2. The summed E-state index contributed by atoms with van der Waals surface area (Å²) in [6.07, 6.45) is 0.317. The van der Waals surface area contributed by atoms with Gasteiger partial charge in [-0.2, -0.15) is 12.6 Å². The third-order valence-corrected chi connectivity index (χ3v) is 4.64. The van der Waals surface area contributed by atoms with Crippen LogP contribution in [0.3, 0.4) is 0 Å². The van der Waals surface area contributed by atoms with Gasteiger partial charge in [0.05, 0.1) is 0 Å². The number of fused-ring (bicyclic) bond motifs is 1. The molecule has 2 saturated heterocycles. The maximum absolute atomic E-state index is 12.0. The minimum absolute atomic E-state index is 0.172. The number of carbonyl (C=O) groups is 2. The monoisotopic (exact) mass is 298 g/mol. The molecule has 1 saturated carbocycles. The first-order valence-corrected chi connectivity index (χ1v) is 7.73. The average molecular weight is 298 g/mol. The molecule has 0 aromatic heterocycles. The lowest BCUT2D eigenvalue weighted by atomic mass is 10.2. The molecule has 2 amide bonds. The number of hydrogen-bond acceptors (Lipinski definition) is 4. The van der Waals surface area contributed by atoms with Crippen molar-refractivity contribution < 1.29 is 14.3 Å². The molecule has 0 radical (unpaired) electrons. The summed E-state index contributed by atoms with van der Waals surface area (Å²) in [5.41, 5.74) is -0.451. The van der Waals surface area contributed by atoms with Crippen LogP contribution in [0.1, 0.15) is 27.2 Å². The summed E-state index contributed by atoms with van der Waals surface area (Å²) in [7, 11) is 0. The van der Waals surface area contributed by atoms with Crippen molar-refractivity contribution in [1.29, 1.82) is 0 Å². The van der Waals surface area contributed by atoms with Gasteiger partial charge in [-0.25, -0.2) is 4.79 Å². The van der Waals surface area contributed by atoms with E-state index in [0.29, 0.717) is 37.4 Å². The van der Waals surface area contributed by atoms with E-state index in [1.165, 1.54) is 0 Å². The first-order chi connectivity index (χ1) is 9.26. The van der Waals surface area contributed by atoms with Gasteiger partial charge < -0.3 is 14.5 Å². The number of nitrogens with zero attached hydrogens (tertiary/aromatic N) is 2. The number of rotatable bonds is 1. The number of thiol groups is 1. The van der Waals surface area contributed by atoms with Crippen LogP contribution in [0, 0.1) is 11.8 Å². The molecule has 0 bridgehead atoms. The Morgan fingerprint density at radius 1 is 1.25 bits per heavy atom. The van der Waals surface area contributed by atoms with E-state index in [1.807, 2.05) is 25.7 Å². The average Bonchev–Trinajstić information content (AvgIpc) is 2.67. The van der Waals surface area contributed by atoms with Gasteiger partial charge in [-0.15, -0.1) is 0 Å². The zero-order valence-corrected chi connectivity index (χ0v) is 13.1. The van der Waals surface area contributed by atoms with Crippen molar-refractivity contribution in [2.24, 2.45) is 11.8 Å². The molecular formula is C14H22N2O3S. The van der Waals surface area contributed by atoms with Crippen LogP contribution in [-0.2, 0) is 9.53 Å². The Labute approximate surface area is 125 Å². The summed E-state index contributed by atoms with van der Waals surface area (Å²) in [6, 6.07) is 0.332. The molecule has 2 unspecified atom stereocenters. The number of likely N-dealkylation sites (tertiary alicyclic amines) is 2. The lowest BCUT2D eigenvalue weighted by Crippen LogP contribution is -2.40. The normalized spacial score (nSPS) is 36.3. The Kier molecular flexibility index (Phi) is 3.19. The highest BCUT2D eigenvalue weighted by Crippen LogP contribution is 2.50. The van der Waals surface area contributed by atoms with Crippen molar-refractivity contribution in [2.75, 3.05) is 19.6 Å². The Hall–Kier alpha value is -0.910. The first-order valence-electron chi connectivity index (χ1n) is 7.22. The molecule has 4 atom stereocenters. The second-order valence-electron chi connectivity index (χ2n) is 7.11. The van der Waals surface area contributed by atoms with Crippen molar-refractivity contribution in [3.8, 4) is 0 Å². The molecule has 20 heavy (non-hydrogen) atoms. The largest absolute Gasteiger partial charge is 0.444 e. The van der Waals surface area contributed by atoms with E-state index in [1.54, 1.807) is 4.90 Å². The smallest absolute Gasteiger partial charge is 0.410 e. The summed E-state index contributed by atoms with van der Waals surface area (Å²) < 4.78 is 5.38. The Balaban J connectivity index is 1.53. The first kappa shape index (κ1) is 14.0. The van der Waals surface area contributed by atoms with Crippen LogP contribution in [-0.4, -0.2) is 58.3 Å². The van der Waals surface area contributed by atoms with Crippen LogP contribution in [0.15, 0.2) is 0 Å².